The number of carbonyl (C=O) groups is 1. The van der Waals surface area contributed by atoms with E-state index < -0.39 is 6.04 Å². The van der Waals surface area contributed by atoms with Crippen LogP contribution in [0.2, 0.25) is 0 Å². The number of hydrogen-bond acceptors (Lipinski definition) is 1. The quantitative estimate of drug-likeness (QED) is 0.754. The summed E-state index contributed by atoms with van der Waals surface area (Å²) in [5.74, 6) is -0.154. The van der Waals surface area contributed by atoms with Crippen LogP contribution in [0.15, 0.2) is 48.4 Å². The molecule has 0 aliphatic heterocycles. The Morgan fingerprint density at radius 3 is 2.21 bits per heavy atom. The summed E-state index contributed by atoms with van der Waals surface area (Å²) >= 11 is 0. The molecule has 0 fully saturated rings. The Morgan fingerprint density at radius 1 is 1.08 bits per heavy atom. The molecule has 0 radical (unpaired) electrons. The van der Waals surface area contributed by atoms with Gasteiger partial charge in [0.05, 0.1) is 19.9 Å². The molecule has 0 heterocycles. The monoisotopic (exact) mass is 330 g/mol. The largest absolute Gasteiger partial charge is 0.321 e. The third-order valence-corrected chi connectivity index (χ3v) is 4.61. The zero-order valence-electron chi connectivity index (χ0n) is 19.9. The maximum Gasteiger partial charge on any atom is 0.279 e. The number of hydrogen-bond donors (Lipinski definition) is 1. The molecule has 0 aliphatic carbocycles. The SMILES string of the molecule is [2H]c1c([2H])c([2H])c(C[N+](CC)(CC)CC(=O)Nc2c(C)cccc2C)c([2H])c1[2H]. The minimum absolute atomic E-state index is 0.154. The van der Waals surface area contributed by atoms with Crippen molar-refractivity contribution >= 4 is 11.6 Å². The molecule has 2 aromatic carbocycles. The Labute approximate surface area is 152 Å². The maximum absolute atomic E-state index is 12.9. The second kappa shape index (κ2) is 8.11. The normalized spacial score (nSPS) is 14.2. The second-order valence-corrected chi connectivity index (χ2v) is 6.21. The fourth-order valence-electron chi connectivity index (χ4n) is 2.91. The molecule has 2 rings (SSSR count). The smallest absolute Gasteiger partial charge is 0.279 e. The van der Waals surface area contributed by atoms with Gasteiger partial charge < -0.3 is 9.80 Å². The summed E-state index contributed by atoms with van der Waals surface area (Å²) in [7, 11) is 0. The van der Waals surface area contributed by atoms with Crippen LogP contribution in [-0.2, 0) is 11.3 Å². The standard InChI is InChI=1S/C21H28N2O/c1-5-23(6-2,15-19-13-8-7-9-14-19)16-20(24)22-21-17(3)11-10-12-18(21)4/h7-14H,5-6,15-16H2,1-4H3/p+1/i7D,8D,9D,13D,14D. The van der Waals surface area contributed by atoms with Crippen molar-refractivity contribution in [2.75, 3.05) is 25.0 Å². The number of rotatable bonds is 7. The number of nitrogens with one attached hydrogen (secondary N) is 1. The number of carbonyl (C=O) groups excluding carboxylic acids is 1. The summed E-state index contributed by atoms with van der Waals surface area (Å²) < 4.78 is 40.3. The highest BCUT2D eigenvalue weighted by molar-refractivity contribution is 5.93. The Kier molecular flexibility index (Phi) is 4.15. The highest BCUT2D eigenvalue weighted by Crippen LogP contribution is 2.20. The van der Waals surface area contributed by atoms with Gasteiger partial charge in [-0.25, -0.2) is 0 Å². The van der Waals surface area contributed by atoms with Gasteiger partial charge >= 0.3 is 0 Å². The van der Waals surface area contributed by atoms with Crippen LogP contribution in [0.25, 0.3) is 0 Å². The van der Waals surface area contributed by atoms with Crippen LogP contribution in [0.4, 0.5) is 5.69 Å². The van der Waals surface area contributed by atoms with Gasteiger partial charge in [-0.3, -0.25) is 4.79 Å². The molecule has 0 spiro atoms. The molecule has 24 heavy (non-hydrogen) atoms. The third kappa shape index (κ3) is 4.45. The Hall–Kier alpha value is -2.13. The summed E-state index contributed by atoms with van der Waals surface area (Å²) in [6.45, 7) is 9.33. The molecule has 1 N–H and O–H groups in total. The van der Waals surface area contributed by atoms with Crippen molar-refractivity contribution in [1.82, 2.24) is 0 Å². The molecule has 0 saturated carbocycles. The number of para-hydroxylation sites is 1. The number of quaternary nitrogens is 1. The van der Waals surface area contributed by atoms with Crippen LogP contribution in [-0.4, -0.2) is 30.0 Å². The summed E-state index contributed by atoms with van der Waals surface area (Å²) in [5, 5.41) is 3.00. The van der Waals surface area contributed by atoms with Crippen molar-refractivity contribution in [2.24, 2.45) is 0 Å². The first kappa shape index (κ1) is 12.3. The van der Waals surface area contributed by atoms with Crippen LogP contribution in [0.3, 0.4) is 0 Å². The number of nitrogens with zero attached hydrogens (tertiary/aromatic N) is 1. The van der Waals surface area contributed by atoms with Crippen molar-refractivity contribution in [3.8, 4) is 0 Å². The first-order chi connectivity index (χ1) is 13.6. The summed E-state index contributed by atoms with van der Waals surface area (Å²) in [5.41, 5.74) is 3.01. The van der Waals surface area contributed by atoms with Crippen LogP contribution in [0, 0.1) is 13.8 Å². The zero-order valence-corrected chi connectivity index (χ0v) is 14.9. The van der Waals surface area contributed by atoms with Crippen molar-refractivity contribution in [2.45, 2.75) is 34.2 Å². The van der Waals surface area contributed by atoms with Crippen molar-refractivity contribution in [3.63, 3.8) is 0 Å². The average molecular weight is 331 g/mol. The van der Waals surface area contributed by atoms with E-state index in [1.807, 2.05) is 45.9 Å². The predicted octanol–water partition coefficient (Wildman–Crippen LogP) is 4.30. The van der Waals surface area contributed by atoms with E-state index in [4.69, 9.17) is 6.85 Å². The minimum Gasteiger partial charge on any atom is -0.321 e. The number of aryl methyl sites for hydroxylation is 2. The molecule has 0 unspecified atom stereocenters. The molecule has 1 amide bonds. The summed E-state index contributed by atoms with van der Waals surface area (Å²) in [6.07, 6.45) is 0. The van der Waals surface area contributed by atoms with Gasteiger partial charge in [0.1, 0.15) is 6.54 Å². The van der Waals surface area contributed by atoms with Gasteiger partial charge in [-0.05, 0) is 38.8 Å². The second-order valence-electron chi connectivity index (χ2n) is 6.21. The molecule has 2 aromatic rings. The average Bonchev–Trinajstić information content (AvgIpc) is 2.70. The number of benzene rings is 2. The van der Waals surface area contributed by atoms with E-state index in [9.17, 15) is 4.79 Å². The molecule has 3 nitrogen and oxygen atoms in total. The summed E-state index contributed by atoms with van der Waals surface area (Å²) in [4.78, 5) is 12.9. The van der Waals surface area contributed by atoms with Crippen LogP contribution in [0.1, 0.15) is 37.4 Å². The van der Waals surface area contributed by atoms with Crippen molar-refractivity contribution in [1.29, 1.82) is 0 Å². The Balaban J connectivity index is 2.35. The van der Waals surface area contributed by atoms with Gasteiger partial charge in [0.2, 0.25) is 0 Å². The lowest BCUT2D eigenvalue weighted by Crippen LogP contribution is -2.51. The lowest BCUT2D eigenvalue weighted by Gasteiger charge is -2.36. The highest BCUT2D eigenvalue weighted by Gasteiger charge is 2.27. The first-order valence-corrected chi connectivity index (χ1v) is 8.33. The molecule has 0 atom stereocenters. The van der Waals surface area contributed by atoms with E-state index >= 15 is 0 Å². The lowest BCUT2D eigenvalue weighted by molar-refractivity contribution is -0.930. The molecule has 3 heteroatoms. The molecule has 0 aromatic heterocycles. The maximum atomic E-state index is 12.9. The summed E-state index contributed by atoms with van der Waals surface area (Å²) in [6, 6.07) is 4.34. The van der Waals surface area contributed by atoms with Crippen LogP contribution in [0.5, 0.6) is 0 Å². The highest BCUT2D eigenvalue weighted by atomic mass is 16.2. The minimum atomic E-state index is -0.400. The molecular formula is C21H29N2O+. The molecule has 0 aliphatic rings. The van der Waals surface area contributed by atoms with Crippen LogP contribution >= 0.6 is 0 Å². The first-order valence-electron chi connectivity index (χ1n) is 10.8. The van der Waals surface area contributed by atoms with Gasteiger partial charge in [0.25, 0.3) is 5.91 Å². The van der Waals surface area contributed by atoms with Crippen molar-refractivity contribution < 1.29 is 16.1 Å². The molecule has 0 saturated heterocycles. The lowest BCUT2D eigenvalue weighted by atomic mass is 10.1. The van der Waals surface area contributed by atoms with Gasteiger partial charge in [0, 0.05) is 11.3 Å². The van der Waals surface area contributed by atoms with E-state index in [-0.39, 0.29) is 48.7 Å². The van der Waals surface area contributed by atoms with Crippen LogP contribution < -0.4 is 5.32 Å². The fourth-order valence-corrected chi connectivity index (χ4v) is 2.91. The van der Waals surface area contributed by atoms with E-state index in [1.54, 1.807) is 0 Å². The number of anilines is 1. The Morgan fingerprint density at radius 2 is 1.67 bits per heavy atom. The van der Waals surface area contributed by atoms with Gasteiger partial charge in [-0.15, -0.1) is 0 Å². The van der Waals surface area contributed by atoms with E-state index in [1.165, 1.54) is 0 Å². The van der Waals surface area contributed by atoms with Gasteiger partial charge in [-0.2, -0.15) is 0 Å². The Bertz CT molecular complexity index is 877. The number of likely N-dealkylation sites (N-methyl/N-ethyl adjacent to an activating group) is 1. The fraction of sp³-hybridized carbons (Fsp3) is 0.381. The number of amides is 1. The topological polar surface area (TPSA) is 29.1 Å². The van der Waals surface area contributed by atoms with E-state index in [0.717, 1.165) is 16.8 Å². The van der Waals surface area contributed by atoms with Gasteiger partial charge in [-0.1, -0.05) is 48.4 Å². The van der Waals surface area contributed by atoms with Gasteiger partial charge in [0.15, 0.2) is 6.54 Å². The molecular weight excluding hydrogens is 296 g/mol. The third-order valence-electron chi connectivity index (χ3n) is 4.61. The molecule has 128 valence electrons. The van der Waals surface area contributed by atoms with E-state index in [0.29, 0.717) is 17.6 Å². The zero-order chi connectivity index (χ0) is 21.9. The molecule has 0 bridgehead atoms. The predicted molar refractivity (Wildman–Crippen MR) is 101 cm³/mol. The van der Waals surface area contributed by atoms with Crippen molar-refractivity contribution in [3.05, 3.63) is 65.1 Å². The van der Waals surface area contributed by atoms with E-state index in [2.05, 4.69) is 5.32 Å².